The van der Waals surface area contributed by atoms with E-state index in [2.05, 4.69) is 20.8 Å². The van der Waals surface area contributed by atoms with Gasteiger partial charge in [-0.25, -0.2) is 4.68 Å². The Labute approximate surface area is 125 Å². The Morgan fingerprint density at radius 2 is 2.29 bits per heavy atom. The minimum Gasteiger partial charge on any atom is -0.326 e. The van der Waals surface area contributed by atoms with Crippen LogP contribution in [0.2, 0.25) is 0 Å². The monoisotopic (exact) mass is 258 g/mol. The predicted octanol–water partition coefficient (Wildman–Crippen LogP) is -1.71. The normalized spacial score (nSPS) is 9.47. The molecule has 0 unspecified atom stereocenters. The van der Waals surface area contributed by atoms with Crippen LogP contribution in [0.25, 0.3) is 5.69 Å². The van der Waals surface area contributed by atoms with Gasteiger partial charge in [-0.3, -0.25) is 4.79 Å². The molecule has 0 saturated heterocycles. The van der Waals surface area contributed by atoms with E-state index < -0.39 is 0 Å². The minimum atomic E-state index is -0.122. The van der Waals surface area contributed by atoms with Gasteiger partial charge in [-0.2, -0.15) is 5.21 Å². The van der Waals surface area contributed by atoms with Crippen LogP contribution in [-0.2, 0) is 4.79 Å². The number of nitrogens with one attached hydrogen (secondary N) is 2. The first-order valence-electron chi connectivity index (χ1n) is 4.55. The van der Waals surface area contributed by atoms with Crippen molar-refractivity contribution in [3.05, 3.63) is 29.0 Å². The van der Waals surface area contributed by atoms with Crippen LogP contribution in [0.3, 0.4) is 0 Å². The van der Waals surface area contributed by atoms with Crippen LogP contribution < -0.4 is 34.9 Å². The molecular formula is C9H9N5NaOS+. The summed E-state index contributed by atoms with van der Waals surface area (Å²) >= 11 is 4.97. The fourth-order valence-electron chi connectivity index (χ4n) is 1.29. The maximum atomic E-state index is 10.9. The van der Waals surface area contributed by atoms with Crippen LogP contribution >= 0.6 is 12.2 Å². The Kier molecular flexibility index (Phi) is 5.01. The number of rotatable bonds is 2. The maximum Gasteiger partial charge on any atom is 1.00 e. The van der Waals surface area contributed by atoms with Gasteiger partial charge in [0.05, 0.1) is 5.69 Å². The summed E-state index contributed by atoms with van der Waals surface area (Å²) in [7, 11) is 0. The largest absolute Gasteiger partial charge is 1.00 e. The van der Waals surface area contributed by atoms with Gasteiger partial charge in [0, 0.05) is 12.6 Å². The quantitative estimate of drug-likeness (QED) is 0.497. The van der Waals surface area contributed by atoms with Crippen LogP contribution in [0.1, 0.15) is 6.92 Å². The molecule has 82 valence electrons. The SMILES string of the molecule is CC(=O)Nc1cccc(-n2[nH]nnc2=S)c1.[Na+]. The second-order valence-corrected chi connectivity index (χ2v) is 3.51. The number of benzene rings is 1. The number of aromatic amines is 1. The molecule has 6 nitrogen and oxygen atoms in total. The fraction of sp³-hybridized carbons (Fsp3) is 0.111. The zero-order valence-electron chi connectivity index (χ0n) is 9.47. The number of anilines is 1. The second-order valence-electron chi connectivity index (χ2n) is 3.15. The molecule has 17 heavy (non-hydrogen) atoms. The van der Waals surface area contributed by atoms with Gasteiger partial charge in [-0.05, 0) is 30.4 Å². The van der Waals surface area contributed by atoms with Crippen molar-refractivity contribution in [2.75, 3.05) is 5.32 Å². The molecule has 1 amide bonds. The van der Waals surface area contributed by atoms with E-state index in [0.717, 1.165) is 5.69 Å². The molecule has 0 aliphatic rings. The number of tetrazole rings is 1. The molecule has 1 aromatic carbocycles. The third-order valence-corrected chi connectivity index (χ3v) is 2.16. The average Bonchev–Trinajstić information content (AvgIpc) is 2.64. The van der Waals surface area contributed by atoms with E-state index in [9.17, 15) is 4.79 Å². The van der Waals surface area contributed by atoms with Crippen molar-refractivity contribution in [2.24, 2.45) is 0 Å². The van der Waals surface area contributed by atoms with Gasteiger partial charge in [0.1, 0.15) is 0 Å². The first-order valence-corrected chi connectivity index (χ1v) is 4.96. The molecule has 1 heterocycles. The number of amides is 1. The third-order valence-electron chi connectivity index (χ3n) is 1.90. The molecule has 2 rings (SSSR count). The first-order chi connectivity index (χ1) is 7.66. The summed E-state index contributed by atoms with van der Waals surface area (Å²) in [6.45, 7) is 1.45. The predicted molar refractivity (Wildman–Crippen MR) is 60.8 cm³/mol. The van der Waals surface area contributed by atoms with E-state index in [4.69, 9.17) is 12.2 Å². The van der Waals surface area contributed by atoms with Gasteiger partial charge < -0.3 is 5.32 Å². The van der Waals surface area contributed by atoms with E-state index in [1.165, 1.54) is 6.92 Å². The van der Waals surface area contributed by atoms with Crippen LogP contribution in [-0.4, -0.2) is 26.1 Å². The summed E-state index contributed by atoms with van der Waals surface area (Å²) in [5.74, 6) is -0.122. The fourth-order valence-corrected chi connectivity index (χ4v) is 1.48. The summed E-state index contributed by atoms with van der Waals surface area (Å²) in [5.41, 5.74) is 1.46. The van der Waals surface area contributed by atoms with E-state index in [1.54, 1.807) is 16.8 Å². The van der Waals surface area contributed by atoms with E-state index >= 15 is 0 Å². The van der Waals surface area contributed by atoms with Crippen molar-refractivity contribution in [3.63, 3.8) is 0 Å². The van der Waals surface area contributed by atoms with Gasteiger partial charge >= 0.3 is 29.6 Å². The molecule has 2 N–H and O–H groups in total. The van der Waals surface area contributed by atoms with E-state index in [-0.39, 0.29) is 35.5 Å². The molecule has 0 radical (unpaired) electrons. The number of carbonyl (C=O) groups excluding carboxylic acids is 1. The van der Waals surface area contributed by atoms with Gasteiger partial charge in [0.2, 0.25) is 10.7 Å². The zero-order chi connectivity index (χ0) is 11.5. The molecule has 0 spiro atoms. The zero-order valence-corrected chi connectivity index (χ0v) is 12.3. The van der Waals surface area contributed by atoms with Crippen molar-refractivity contribution in [3.8, 4) is 5.69 Å². The number of hydrogen-bond donors (Lipinski definition) is 2. The number of aromatic nitrogens is 4. The Balaban J connectivity index is 0.00000144. The van der Waals surface area contributed by atoms with Crippen molar-refractivity contribution < 1.29 is 34.4 Å². The third kappa shape index (κ3) is 3.47. The number of carbonyl (C=O) groups is 1. The Hall–Kier alpha value is -1.02. The summed E-state index contributed by atoms with van der Waals surface area (Å²) in [4.78, 5) is 10.9. The molecule has 0 aliphatic carbocycles. The van der Waals surface area contributed by atoms with Crippen LogP contribution in [0, 0.1) is 4.77 Å². The minimum absolute atomic E-state index is 0. The van der Waals surface area contributed by atoms with Crippen molar-refractivity contribution in [2.45, 2.75) is 6.92 Å². The topological polar surface area (TPSA) is 75.6 Å². The summed E-state index contributed by atoms with van der Waals surface area (Å²) in [6, 6.07) is 7.21. The summed E-state index contributed by atoms with van der Waals surface area (Å²) in [5, 5.41) is 12.6. The molecule has 0 bridgehead atoms. The summed E-state index contributed by atoms with van der Waals surface area (Å²) < 4.78 is 1.88. The van der Waals surface area contributed by atoms with Crippen molar-refractivity contribution in [1.82, 2.24) is 20.2 Å². The first kappa shape index (κ1) is 14.0. The van der Waals surface area contributed by atoms with Crippen LogP contribution in [0.5, 0.6) is 0 Å². The molecule has 0 saturated carbocycles. The van der Waals surface area contributed by atoms with Gasteiger partial charge in [0.25, 0.3) is 0 Å². The molecule has 0 fully saturated rings. The number of nitrogens with zero attached hydrogens (tertiary/aromatic N) is 3. The molecule has 1 aromatic heterocycles. The Morgan fingerprint density at radius 1 is 1.53 bits per heavy atom. The van der Waals surface area contributed by atoms with Crippen molar-refractivity contribution in [1.29, 1.82) is 0 Å². The molecule has 0 aliphatic heterocycles. The Morgan fingerprint density at radius 3 is 2.88 bits per heavy atom. The van der Waals surface area contributed by atoms with Crippen molar-refractivity contribution >= 4 is 23.8 Å². The second kappa shape index (κ2) is 6.06. The van der Waals surface area contributed by atoms with E-state index in [0.29, 0.717) is 10.5 Å². The molecule has 8 heteroatoms. The number of H-pyrrole nitrogens is 1. The van der Waals surface area contributed by atoms with Crippen LogP contribution in [0.4, 0.5) is 5.69 Å². The van der Waals surface area contributed by atoms with Gasteiger partial charge in [0.15, 0.2) is 0 Å². The van der Waals surface area contributed by atoms with Gasteiger partial charge in [-0.15, -0.1) is 0 Å². The van der Waals surface area contributed by atoms with Crippen LogP contribution in [0.15, 0.2) is 24.3 Å². The van der Waals surface area contributed by atoms with Gasteiger partial charge in [-0.1, -0.05) is 16.4 Å². The average molecular weight is 258 g/mol. The smallest absolute Gasteiger partial charge is 0.326 e. The maximum absolute atomic E-state index is 10.9. The standard InChI is InChI=1S/C9H9N5OS.Na/c1-6(15)10-7-3-2-4-8(5-7)14-9(16)11-12-13-14;/h2-5H,1H3,(H,10,15)(H,11,13,16);/q;+1. The summed E-state index contributed by atoms with van der Waals surface area (Å²) in [6.07, 6.45) is 0. The number of hydrogen-bond acceptors (Lipinski definition) is 4. The van der Waals surface area contributed by atoms with E-state index in [1.807, 2.05) is 12.1 Å². The molecule has 2 aromatic rings. The molecule has 0 atom stereocenters. The molecular weight excluding hydrogens is 249 g/mol. The Bertz CT molecular complexity index is 579.